The molecule has 0 N–H and O–H groups in total. The topological polar surface area (TPSA) is 31.2 Å². The number of aryl methyl sites for hydroxylation is 3. The number of aromatic nitrogens is 1. The van der Waals surface area contributed by atoms with Gasteiger partial charge in [0.25, 0.3) is 0 Å². The summed E-state index contributed by atoms with van der Waals surface area (Å²) in [5.41, 5.74) is 5.27. The Morgan fingerprint density at radius 2 is 1.80 bits per heavy atom. The van der Waals surface area contributed by atoms with Crippen LogP contribution in [0.1, 0.15) is 39.7 Å². The second-order valence-corrected chi connectivity index (χ2v) is 5.19. The third-order valence-corrected chi connectivity index (χ3v) is 3.27. The molecule has 0 saturated carbocycles. The highest BCUT2D eigenvalue weighted by Gasteiger charge is 2.15. The Morgan fingerprint density at radius 3 is 2.40 bits per heavy atom. The molecule has 0 amide bonds. The van der Waals surface area contributed by atoms with Crippen LogP contribution in [-0.2, 0) is 11.3 Å². The highest BCUT2D eigenvalue weighted by atomic mass is 16.5. The van der Waals surface area contributed by atoms with Crippen LogP contribution in [0.2, 0.25) is 0 Å². The van der Waals surface area contributed by atoms with Crippen molar-refractivity contribution in [2.24, 2.45) is 0 Å². The van der Waals surface area contributed by atoms with Crippen LogP contribution in [0.25, 0.3) is 0 Å². The van der Waals surface area contributed by atoms with Gasteiger partial charge in [-0.15, -0.1) is 0 Å². The first-order chi connectivity index (χ1) is 9.51. The van der Waals surface area contributed by atoms with Crippen LogP contribution in [0, 0.1) is 20.8 Å². The summed E-state index contributed by atoms with van der Waals surface area (Å²) >= 11 is 0. The average Bonchev–Trinajstić information content (AvgIpc) is 2.69. The van der Waals surface area contributed by atoms with Gasteiger partial charge in [-0.05, 0) is 44.9 Å². The van der Waals surface area contributed by atoms with Gasteiger partial charge >= 0.3 is 5.97 Å². The molecule has 0 radical (unpaired) electrons. The van der Waals surface area contributed by atoms with Crippen molar-refractivity contribution >= 4 is 5.97 Å². The lowest BCUT2D eigenvalue weighted by Crippen LogP contribution is -2.13. The van der Waals surface area contributed by atoms with Gasteiger partial charge < -0.3 is 9.30 Å². The molecule has 0 aliphatic rings. The molecule has 0 aliphatic heterocycles. The summed E-state index contributed by atoms with van der Waals surface area (Å²) in [7, 11) is 0. The van der Waals surface area contributed by atoms with Crippen molar-refractivity contribution in [1.29, 1.82) is 0 Å². The molecule has 1 aromatic carbocycles. The molecule has 2 aromatic rings. The van der Waals surface area contributed by atoms with Crippen LogP contribution >= 0.6 is 0 Å². The van der Waals surface area contributed by atoms with Gasteiger partial charge in [-0.2, -0.15) is 0 Å². The molecule has 3 nitrogen and oxygen atoms in total. The van der Waals surface area contributed by atoms with Gasteiger partial charge in [-0.25, -0.2) is 4.79 Å². The molecule has 0 bridgehead atoms. The van der Waals surface area contributed by atoms with E-state index >= 15 is 0 Å². The molecule has 0 saturated heterocycles. The van der Waals surface area contributed by atoms with E-state index in [9.17, 15) is 4.79 Å². The van der Waals surface area contributed by atoms with Gasteiger partial charge in [0.2, 0.25) is 0 Å². The molecule has 2 rings (SSSR count). The Labute approximate surface area is 120 Å². The summed E-state index contributed by atoms with van der Waals surface area (Å²) in [6.07, 6.45) is 1.94. The molecule has 20 heavy (non-hydrogen) atoms. The van der Waals surface area contributed by atoms with Crippen LogP contribution in [0.4, 0.5) is 0 Å². The summed E-state index contributed by atoms with van der Waals surface area (Å²) in [4.78, 5) is 12.0. The summed E-state index contributed by atoms with van der Waals surface area (Å²) in [5.74, 6) is -0.251. The Morgan fingerprint density at radius 1 is 1.15 bits per heavy atom. The van der Waals surface area contributed by atoms with E-state index in [-0.39, 0.29) is 5.97 Å². The highest BCUT2D eigenvalue weighted by molar-refractivity contribution is 5.89. The molecule has 0 fully saturated rings. The number of ether oxygens (including phenoxy) is 1. The van der Waals surface area contributed by atoms with Crippen molar-refractivity contribution < 1.29 is 9.53 Å². The standard InChI is InChI=1S/C17H21NO2/c1-5-20-17(19)16-14(4)6-7-18(16)11-15-9-12(2)8-13(3)10-15/h6-10H,5,11H2,1-4H3. The zero-order valence-corrected chi connectivity index (χ0v) is 12.6. The van der Waals surface area contributed by atoms with Gasteiger partial charge in [0.1, 0.15) is 5.69 Å². The third-order valence-electron chi connectivity index (χ3n) is 3.27. The summed E-state index contributed by atoms with van der Waals surface area (Å²) in [6, 6.07) is 8.40. The molecule has 0 aliphatic carbocycles. The van der Waals surface area contributed by atoms with E-state index in [0.29, 0.717) is 18.8 Å². The fraction of sp³-hybridized carbons (Fsp3) is 0.353. The third kappa shape index (κ3) is 3.10. The lowest BCUT2D eigenvalue weighted by Gasteiger charge is -2.11. The number of rotatable bonds is 4. The lowest BCUT2D eigenvalue weighted by molar-refractivity contribution is 0.0513. The first-order valence-corrected chi connectivity index (χ1v) is 6.91. The van der Waals surface area contributed by atoms with Gasteiger partial charge in [0, 0.05) is 12.7 Å². The van der Waals surface area contributed by atoms with Gasteiger partial charge in [-0.1, -0.05) is 29.3 Å². The molecule has 0 spiro atoms. The maximum Gasteiger partial charge on any atom is 0.355 e. The Bertz CT molecular complexity index is 606. The summed E-state index contributed by atoms with van der Waals surface area (Å²) in [5, 5.41) is 0. The molecule has 0 unspecified atom stereocenters. The molecule has 0 atom stereocenters. The van der Waals surface area contributed by atoms with E-state index < -0.39 is 0 Å². The maximum atomic E-state index is 12.0. The number of carbonyl (C=O) groups excluding carboxylic acids is 1. The van der Waals surface area contributed by atoms with Crippen molar-refractivity contribution in [3.05, 3.63) is 58.4 Å². The van der Waals surface area contributed by atoms with Crippen molar-refractivity contribution in [3.8, 4) is 0 Å². The minimum absolute atomic E-state index is 0.251. The Hall–Kier alpha value is -2.03. The zero-order chi connectivity index (χ0) is 14.7. The molecule has 3 heteroatoms. The summed E-state index contributed by atoms with van der Waals surface area (Å²) < 4.78 is 7.09. The predicted octanol–water partition coefficient (Wildman–Crippen LogP) is 3.64. The van der Waals surface area contributed by atoms with E-state index in [1.165, 1.54) is 16.7 Å². The fourth-order valence-electron chi connectivity index (χ4n) is 2.55. The number of hydrogen-bond donors (Lipinski definition) is 0. The maximum absolute atomic E-state index is 12.0. The van der Waals surface area contributed by atoms with Gasteiger partial charge in [-0.3, -0.25) is 0 Å². The van der Waals surface area contributed by atoms with Crippen LogP contribution < -0.4 is 0 Å². The SMILES string of the molecule is CCOC(=O)c1c(C)ccn1Cc1cc(C)cc(C)c1. The lowest BCUT2D eigenvalue weighted by atomic mass is 10.1. The van der Waals surface area contributed by atoms with Crippen molar-refractivity contribution in [3.63, 3.8) is 0 Å². The number of hydrogen-bond acceptors (Lipinski definition) is 2. The fourth-order valence-corrected chi connectivity index (χ4v) is 2.55. The van der Waals surface area contributed by atoms with Crippen LogP contribution in [-0.4, -0.2) is 17.1 Å². The van der Waals surface area contributed by atoms with Crippen molar-refractivity contribution in [2.45, 2.75) is 34.2 Å². The summed E-state index contributed by atoms with van der Waals surface area (Å²) in [6.45, 7) is 9.01. The minimum Gasteiger partial charge on any atom is -0.461 e. The van der Waals surface area contributed by atoms with Crippen LogP contribution in [0.3, 0.4) is 0 Å². The zero-order valence-electron chi connectivity index (χ0n) is 12.6. The van der Waals surface area contributed by atoms with E-state index in [1.54, 1.807) is 0 Å². The highest BCUT2D eigenvalue weighted by Crippen LogP contribution is 2.16. The first kappa shape index (κ1) is 14.4. The molecular formula is C17H21NO2. The monoisotopic (exact) mass is 271 g/mol. The second-order valence-electron chi connectivity index (χ2n) is 5.19. The molecule has 1 aromatic heterocycles. The minimum atomic E-state index is -0.251. The number of carbonyl (C=O) groups is 1. The predicted molar refractivity (Wildman–Crippen MR) is 80.1 cm³/mol. The van der Waals surface area contributed by atoms with Gasteiger partial charge in [0.05, 0.1) is 6.61 Å². The van der Waals surface area contributed by atoms with E-state index in [2.05, 4.69) is 32.0 Å². The molecular weight excluding hydrogens is 250 g/mol. The number of benzene rings is 1. The number of nitrogens with zero attached hydrogens (tertiary/aromatic N) is 1. The largest absolute Gasteiger partial charge is 0.461 e. The van der Waals surface area contributed by atoms with E-state index in [0.717, 1.165) is 5.56 Å². The van der Waals surface area contributed by atoms with Crippen LogP contribution in [0.5, 0.6) is 0 Å². The Balaban J connectivity index is 2.32. The van der Waals surface area contributed by atoms with E-state index in [1.807, 2.05) is 30.7 Å². The number of esters is 1. The first-order valence-electron chi connectivity index (χ1n) is 6.91. The van der Waals surface area contributed by atoms with Crippen LogP contribution in [0.15, 0.2) is 30.5 Å². The van der Waals surface area contributed by atoms with Gasteiger partial charge in [0.15, 0.2) is 0 Å². The quantitative estimate of drug-likeness (QED) is 0.795. The normalized spacial score (nSPS) is 10.6. The molecule has 1 heterocycles. The second kappa shape index (κ2) is 5.95. The van der Waals surface area contributed by atoms with E-state index in [4.69, 9.17) is 4.74 Å². The molecule has 106 valence electrons. The van der Waals surface area contributed by atoms with Crippen molar-refractivity contribution in [2.75, 3.05) is 6.61 Å². The smallest absolute Gasteiger partial charge is 0.355 e. The van der Waals surface area contributed by atoms with Crippen molar-refractivity contribution in [1.82, 2.24) is 4.57 Å². The average molecular weight is 271 g/mol. The Kier molecular flexibility index (Phi) is 4.28.